The van der Waals surface area contributed by atoms with Crippen LogP contribution in [0.5, 0.6) is 0 Å². The topological polar surface area (TPSA) is 26.3 Å². The van der Waals surface area contributed by atoms with Crippen LogP contribution in [0, 0.1) is 16.7 Å². The van der Waals surface area contributed by atoms with Crippen LogP contribution in [-0.4, -0.2) is 12.6 Å². The minimum atomic E-state index is -0.740. The highest BCUT2D eigenvalue weighted by Crippen LogP contribution is 2.77. The quantitative estimate of drug-likeness (QED) is 0.627. The third-order valence-electron chi connectivity index (χ3n) is 4.44. The van der Waals surface area contributed by atoms with E-state index in [0.717, 1.165) is 6.42 Å². The maximum absolute atomic E-state index is 14.5. The van der Waals surface area contributed by atoms with Crippen molar-refractivity contribution in [3.63, 3.8) is 0 Å². The van der Waals surface area contributed by atoms with Crippen molar-refractivity contribution >= 4 is 37.8 Å². The van der Waals surface area contributed by atoms with Crippen molar-refractivity contribution in [1.29, 1.82) is 0 Å². The number of allylic oxidation sites excluding steroid dienone is 1. The van der Waals surface area contributed by atoms with E-state index in [1.54, 1.807) is 6.92 Å². The number of carbonyl (C=O) groups excluding carboxylic acids is 1. The number of hydrogen-bond acceptors (Lipinski definition) is 2. The molecule has 5 heteroatoms. The first-order valence-corrected chi connectivity index (χ1v) is 7.79. The maximum atomic E-state index is 14.5. The first kappa shape index (κ1) is 16.2. The van der Waals surface area contributed by atoms with Crippen LogP contribution in [0.25, 0.3) is 0 Å². The Morgan fingerprint density at radius 3 is 2.17 bits per heavy atom. The van der Waals surface area contributed by atoms with Crippen molar-refractivity contribution in [3.8, 4) is 0 Å². The van der Waals surface area contributed by atoms with E-state index in [4.69, 9.17) is 4.74 Å². The standard InChI is InChI=1S/C13H19Br2FO2/c1-5-12(4)8(11(17)18-7-3)13(12,6-2)9(16)10(14)15/h8H,5-7H2,1-4H3. The molecule has 0 aliphatic heterocycles. The summed E-state index contributed by atoms with van der Waals surface area (Å²) in [5.41, 5.74) is -1.11. The Kier molecular flexibility index (Phi) is 5.04. The molecule has 1 saturated carbocycles. The molecule has 0 saturated heterocycles. The summed E-state index contributed by atoms with van der Waals surface area (Å²) in [5, 5.41) is 0. The number of ether oxygens (including phenoxy) is 1. The average molecular weight is 386 g/mol. The summed E-state index contributed by atoms with van der Waals surface area (Å²) in [7, 11) is 0. The monoisotopic (exact) mass is 384 g/mol. The van der Waals surface area contributed by atoms with Crippen LogP contribution in [-0.2, 0) is 9.53 Å². The lowest BCUT2D eigenvalue weighted by Crippen LogP contribution is -2.14. The normalized spacial score (nSPS) is 34.1. The summed E-state index contributed by atoms with van der Waals surface area (Å²) < 4.78 is 19.9. The van der Waals surface area contributed by atoms with Gasteiger partial charge in [-0.2, -0.15) is 0 Å². The largest absolute Gasteiger partial charge is 0.466 e. The molecule has 3 unspecified atom stereocenters. The lowest BCUT2D eigenvalue weighted by Gasteiger charge is -2.18. The van der Waals surface area contributed by atoms with Crippen LogP contribution in [0.2, 0.25) is 0 Å². The van der Waals surface area contributed by atoms with E-state index >= 15 is 0 Å². The molecule has 0 spiro atoms. The maximum Gasteiger partial charge on any atom is 0.310 e. The molecule has 0 heterocycles. The van der Waals surface area contributed by atoms with E-state index in [1.807, 2.05) is 20.8 Å². The van der Waals surface area contributed by atoms with Crippen molar-refractivity contribution in [3.05, 3.63) is 9.22 Å². The molecule has 0 aromatic carbocycles. The van der Waals surface area contributed by atoms with E-state index in [2.05, 4.69) is 31.9 Å². The Morgan fingerprint density at radius 1 is 1.28 bits per heavy atom. The highest BCUT2D eigenvalue weighted by atomic mass is 79.9. The van der Waals surface area contributed by atoms with Crippen molar-refractivity contribution in [2.45, 2.75) is 40.5 Å². The van der Waals surface area contributed by atoms with E-state index in [9.17, 15) is 9.18 Å². The van der Waals surface area contributed by atoms with Crippen LogP contribution < -0.4 is 0 Å². The van der Waals surface area contributed by atoms with E-state index in [0.29, 0.717) is 16.4 Å². The Labute approximate surface area is 125 Å². The lowest BCUT2D eigenvalue weighted by molar-refractivity contribution is -0.146. The molecule has 1 aliphatic rings. The smallest absolute Gasteiger partial charge is 0.310 e. The number of esters is 1. The summed E-state index contributed by atoms with van der Waals surface area (Å²) in [5.74, 6) is -0.974. The second-order valence-electron chi connectivity index (χ2n) is 4.86. The molecule has 0 radical (unpaired) electrons. The molecule has 104 valence electrons. The second kappa shape index (κ2) is 5.61. The van der Waals surface area contributed by atoms with Gasteiger partial charge in [0.25, 0.3) is 0 Å². The molecule has 0 aromatic heterocycles. The van der Waals surface area contributed by atoms with Gasteiger partial charge in [0.1, 0.15) is 5.83 Å². The zero-order valence-electron chi connectivity index (χ0n) is 11.1. The summed E-state index contributed by atoms with van der Waals surface area (Å²) in [4.78, 5) is 12.0. The van der Waals surface area contributed by atoms with Crippen LogP contribution in [0.15, 0.2) is 9.22 Å². The minimum absolute atomic E-state index is 0.285. The molecule has 2 nitrogen and oxygen atoms in total. The van der Waals surface area contributed by atoms with Gasteiger partial charge < -0.3 is 4.74 Å². The Balaban J connectivity index is 3.20. The Hall–Kier alpha value is 0.100. The first-order chi connectivity index (χ1) is 8.33. The highest BCUT2D eigenvalue weighted by molar-refractivity contribution is 9.28. The Morgan fingerprint density at radius 2 is 1.83 bits per heavy atom. The van der Waals surface area contributed by atoms with Gasteiger partial charge in [0, 0.05) is 5.41 Å². The fourth-order valence-corrected chi connectivity index (χ4v) is 3.98. The molecule has 1 aliphatic carbocycles. The van der Waals surface area contributed by atoms with Crippen molar-refractivity contribution in [1.82, 2.24) is 0 Å². The molecule has 0 aromatic rings. The van der Waals surface area contributed by atoms with Crippen molar-refractivity contribution in [2.75, 3.05) is 6.61 Å². The highest BCUT2D eigenvalue weighted by Gasteiger charge is 2.77. The minimum Gasteiger partial charge on any atom is -0.466 e. The van der Waals surface area contributed by atoms with Gasteiger partial charge in [-0.05, 0) is 57.0 Å². The average Bonchev–Trinajstić information content (AvgIpc) is 2.90. The summed E-state index contributed by atoms with van der Waals surface area (Å²) in [6, 6.07) is 0. The number of rotatable bonds is 5. The van der Waals surface area contributed by atoms with Gasteiger partial charge in [0.05, 0.1) is 15.9 Å². The molecule has 1 fully saturated rings. The van der Waals surface area contributed by atoms with Crippen molar-refractivity contribution < 1.29 is 13.9 Å². The molecule has 3 atom stereocenters. The predicted molar refractivity (Wildman–Crippen MR) is 77.2 cm³/mol. The van der Waals surface area contributed by atoms with Crippen LogP contribution >= 0.6 is 31.9 Å². The van der Waals surface area contributed by atoms with E-state index < -0.39 is 11.3 Å². The fourth-order valence-electron chi connectivity index (χ4n) is 3.28. The zero-order valence-corrected chi connectivity index (χ0v) is 14.3. The molecular weight excluding hydrogens is 367 g/mol. The number of carbonyl (C=O) groups is 1. The summed E-state index contributed by atoms with van der Waals surface area (Å²) in [6.45, 7) is 7.95. The second-order valence-corrected chi connectivity index (χ2v) is 7.51. The van der Waals surface area contributed by atoms with E-state index in [1.165, 1.54) is 0 Å². The van der Waals surface area contributed by atoms with Gasteiger partial charge in [0.15, 0.2) is 0 Å². The molecule has 1 rings (SSSR count). The van der Waals surface area contributed by atoms with Gasteiger partial charge in [0.2, 0.25) is 0 Å². The van der Waals surface area contributed by atoms with E-state index in [-0.39, 0.29) is 17.2 Å². The molecule has 18 heavy (non-hydrogen) atoms. The SMILES string of the molecule is CCOC(=O)C1C(C)(CC)C1(CC)C(F)=C(Br)Br. The van der Waals surface area contributed by atoms with Crippen LogP contribution in [0.3, 0.4) is 0 Å². The number of halogens is 3. The predicted octanol–water partition coefficient (Wildman–Crippen LogP) is 4.92. The van der Waals surface area contributed by atoms with Gasteiger partial charge in [-0.1, -0.05) is 20.8 Å². The fraction of sp³-hybridized carbons (Fsp3) is 0.769. The molecular formula is C13H19Br2FO2. The summed E-state index contributed by atoms with van der Waals surface area (Å²) in [6.07, 6.45) is 1.32. The van der Waals surface area contributed by atoms with Gasteiger partial charge in [-0.15, -0.1) is 0 Å². The van der Waals surface area contributed by atoms with Gasteiger partial charge in [-0.25, -0.2) is 4.39 Å². The van der Waals surface area contributed by atoms with Gasteiger partial charge >= 0.3 is 5.97 Å². The Bertz CT molecular complexity index is 379. The molecule has 0 amide bonds. The third kappa shape index (κ3) is 2.07. The van der Waals surface area contributed by atoms with Crippen LogP contribution in [0.1, 0.15) is 40.5 Å². The zero-order chi connectivity index (χ0) is 14.1. The summed E-state index contributed by atoms with van der Waals surface area (Å²) >= 11 is 6.24. The lowest BCUT2D eigenvalue weighted by atomic mass is 9.89. The third-order valence-corrected chi connectivity index (χ3v) is 5.13. The van der Waals surface area contributed by atoms with Crippen LogP contribution in [0.4, 0.5) is 4.39 Å². The number of hydrogen-bond donors (Lipinski definition) is 0. The molecule has 0 bridgehead atoms. The first-order valence-electron chi connectivity index (χ1n) is 6.21. The molecule has 0 N–H and O–H groups in total. The van der Waals surface area contributed by atoms with Crippen molar-refractivity contribution in [2.24, 2.45) is 16.7 Å². The van der Waals surface area contributed by atoms with Gasteiger partial charge in [-0.3, -0.25) is 4.79 Å².